The van der Waals surface area contributed by atoms with E-state index in [1.54, 1.807) is 32.0 Å². The Labute approximate surface area is 98.6 Å². The molecule has 0 unspecified atom stereocenters. The van der Waals surface area contributed by atoms with Gasteiger partial charge in [0.25, 0.3) is 0 Å². The normalized spacial score (nSPS) is 11.8. The Balaban J connectivity index is 2.21. The fourth-order valence-electron chi connectivity index (χ4n) is 1.40. The molecule has 0 aliphatic carbocycles. The van der Waals surface area contributed by atoms with Crippen molar-refractivity contribution in [1.82, 2.24) is 10.1 Å². The summed E-state index contributed by atoms with van der Waals surface area (Å²) in [5.41, 5.74) is 5.68. The fraction of sp³-hybridized carbons (Fsp3) is 0.333. The van der Waals surface area contributed by atoms with Crippen molar-refractivity contribution in [1.29, 1.82) is 0 Å². The Morgan fingerprint density at radius 3 is 2.65 bits per heavy atom. The number of halogens is 1. The first-order valence-corrected chi connectivity index (χ1v) is 5.32. The summed E-state index contributed by atoms with van der Waals surface area (Å²) >= 11 is 0. The molecule has 1 aromatic carbocycles. The molecule has 0 spiro atoms. The molecule has 1 heterocycles. The topological polar surface area (TPSA) is 64.9 Å². The SMILES string of the molecule is CC(C)(N)c1nc(Cc2ccccc2F)no1. The molecule has 2 rings (SSSR count). The monoisotopic (exact) mass is 235 g/mol. The zero-order chi connectivity index (χ0) is 12.5. The lowest BCUT2D eigenvalue weighted by molar-refractivity contribution is 0.310. The summed E-state index contributed by atoms with van der Waals surface area (Å²) in [5.74, 6) is 0.512. The predicted octanol–water partition coefficient (Wildman–Crippen LogP) is 1.99. The molecular weight excluding hydrogens is 221 g/mol. The minimum atomic E-state index is -0.680. The number of hydrogen-bond acceptors (Lipinski definition) is 4. The summed E-state index contributed by atoms with van der Waals surface area (Å²) in [6.07, 6.45) is 0.298. The van der Waals surface area contributed by atoms with Crippen LogP contribution in [0.5, 0.6) is 0 Å². The van der Waals surface area contributed by atoms with Gasteiger partial charge in [0.2, 0.25) is 5.89 Å². The van der Waals surface area contributed by atoms with Gasteiger partial charge in [-0.15, -0.1) is 0 Å². The van der Waals surface area contributed by atoms with Crippen LogP contribution in [0.15, 0.2) is 28.8 Å². The highest BCUT2D eigenvalue weighted by Gasteiger charge is 2.22. The van der Waals surface area contributed by atoms with Crippen LogP contribution >= 0.6 is 0 Å². The number of hydrogen-bond donors (Lipinski definition) is 1. The molecule has 0 saturated carbocycles. The Morgan fingerprint density at radius 1 is 1.35 bits per heavy atom. The Hall–Kier alpha value is -1.75. The third kappa shape index (κ3) is 2.68. The van der Waals surface area contributed by atoms with E-state index in [0.29, 0.717) is 23.7 Å². The van der Waals surface area contributed by atoms with Crippen molar-refractivity contribution in [2.45, 2.75) is 25.8 Å². The average Bonchev–Trinajstić information content (AvgIpc) is 2.69. The minimum absolute atomic E-state index is 0.272. The third-order valence-corrected chi connectivity index (χ3v) is 2.33. The van der Waals surface area contributed by atoms with Gasteiger partial charge in [0.1, 0.15) is 5.82 Å². The van der Waals surface area contributed by atoms with Crippen LogP contribution in [0, 0.1) is 5.82 Å². The highest BCUT2D eigenvalue weighted by molar-refractivity contribution is 5.20. The van der Waals surface area contributed by atoms with E-state index in [4.69, 9.17) is 10.3 Å². The van der Waals surface area contributed by atoms with Crippen LogP contribution in [0.3, 0.4) is 0 Å². The number of nitrogens with zero attached hydrogens (tertiary/aromatic N) is 2. The van der Waals surface area contributed by atoms with Crippen molar-refractivity contribution >= 4 is 0 Å². The molecule has 90 valence electrons. The fourth-order valence-corrected chi connectivity index (χ4v) is 1.40. The van der Waals surface area contributed by atoms with Gasteiger partial charge in [-0.2, -0.15) is 4.98 Å². The largest absolute Gasteiger partial charge is 0.337 e. The molecule has 17 heavy (non-hydrogen) atoms. The van der Waals surface area contributed by atoms with E-state index in [0.717, 1.165) is 0 Å². The maximum absolute atomic E-state index is 13.4. The van der Waals surface area contributed by atoms with Gasteiger partial charge in [0, 0.05) is 6.42 Å². The van der Waals surface area contributed by atoms with Crippen LogP contribution in [0.25, 0.3) is 0 Å². The molecule has 4 nitrogen and oxygen atoms in total. The average molecular weight is 235 g/mol. The van der Waals surface area contributed by atoms with Crippen LogP contribution in [0.4, 0.5) is 4.39 Å². The summed E-state index contributed by atoms with van der Waals surface area (Å²) in [6.45, 7) is 3.54. The zero-order valence-electron chi connectivity index (χ0n) is 9.77. The molecule has 0 radical (unpaired) electrons. The van der Waals surface area contributed by atoms with Crippen molar-refractivity contribution in [2.75, 3.05) is 0 Å². The lowest BCUT2D eigenvalue weighted by atomic mass is 10.1. The predicted molar refractivity (Wildman–Crippen MR) is 60.7 cm³/mol. The summed E-state index contributed by atoms with van der Waals surface area (Å²) in [7, 11) is 0. The van der Waals surface area contributed by atoms with E-state index in [1.807, 2.05) is 0 Å². The van der Waals surface area contributed by atoms with Crippen LogP contribution in [0.1, 0.15) is 31.1 Å². The molecule has 0 aliphatic heterocycles. The molecule has 0 saturated heterocycles. The maximum Gasteiger partial charge on any atom is 0.246 e. The second-order valence-electron chi connectivity index (χ2n) is 4.51. The Morgan fingerprint density at radius 2 is 2.06 bits per heavy atom. The lowest BCUT2D eigenvalue weighted by Gasteiger charge is -2.10. The van der Waals surface area contributed by atoms with Gasteiger partial charge in [-0.1, -0.05) is 23.4 Å². The maximum atomic E-state index is 13.4. The van der Waals surface area contributed by atoms with E-state index in [9.17, 15) is 4.39 Å². The van der Waals surface area contributed by atoms with E-state index in [1.165, 1.54) is 6.07 Å². The summed E-state index contributed by atoms with van der Waals surface area (Å²) in [4.78, 5) is 4.15. The first-order valence-electron chi connectivity index (χ1n) is 5.32. The Bertz CT molecular complexity index is 516. The number of rotatable bonds is 3. The van der Waals surface area contributed by atoms with Gasteiger partial charge >= 0.3 is 0 Å². The van der Waals surface area contributed by atoms with E-state index < -0.39 is 5.54 Å². The van der Waals surface area contributed by atoms with Crippen molar-refractivity contribution in [2.24, 2.45) is 5.73 Å². The second kappa shape index (κ2) is 4.25. The zero-order valence-corrected chi connectivity index (χ0v) is 9.77. The molecule has 0 amide bonds. The molecule has 0 atom stereocenters. The quantitative estimate of drug-likeness (QED) is 0.883. The molecule has 2 aromatic rings. The van der Waals surface area contributed by atoms with Crippen molar-refractivity contribution < 1.29 is 8.91 Å². The highest BCUT2D eigenvalue weighted by atomic mass is 19.1. The number of benzene rings is 1. The molecule has 1 aromatic heterocycles. The molecule has 0 fully saturated rings. The van der Waals surface area contributed by atoms with Gasteiger partial charge < -0.3 is 10.3 Å². The molecule has 0 bridgehead atoms. The number of aromatic nitrogens is 2. The van der Waals surface area contributed by atoms with E-state index in [2.05, 4.69) is 10.1 Å². The van der Waals surface area contributed by atoms with Crippen molar-refractivity contribution in [3.05, 3.63) is 47.4 Å². The van der Waals surface area contributed by atoms with Crippen LogP contribution in [-0.4, -0.2) is 10.1 Å². The summed E-state index contributed by atoms with van der Waals surface area (Å²) in [5, 5.41) is 3.79. The Kier molecular flexibility index (Phi) is 2.93. The third-order valence-electron chi connectivity index (χ3n) is 2.33. The van der Waals surface area contributed by atoms with Gasteiger partial charge in [-0.3, -0.25) is 0 Å². The van der Waals surface area contributed by atoms with Crippen LogP contribution in [-0.2, 0) is 12.0 Å². The van der Waals surface area contributed by atoms with Crippen molar-refractivity contribution in [3.8, 4) is 0 Å². The standard InChI is InChI=1S/C12H14FN3O/c1-12(2,14)11-15-10(16-17-11)7-8-5-3-4-6-9(8)13/h3-6H,7,14H2,1-2H3. The highest BCUT2D eigenvalue weighted by Crippen LogP contribution is 2.16. The van der Waals surface area contributed by atoms with E-state index in [-0.39, 0.29) is 5.82 Å². The summed E-state index contributed by atoms with van der Waals surface area (Å²) in [6, 6.07) is 6.51. The first-order chi connectivity index (χ1) is 7.97. The van der Waals surface area contributed by atoms with Gasteiger partial charge in [0.05, 0.1) is 5.54 Å². The summed E-state index contributed by atoms with van der Waals surface area (Å²) < 4.78 is 18.4. The molecule has 0 aliphatic rings. The van der Waals surface area contributed by atoms with Gasteiger partial charge in [-0.25, -0.2) is 4.39 Å². The smallest absolute Gasteiger partial charge is 0.246 e. The van der Waals surface area contributed by atoms with Gasteiger partial charge in [-0.05, 0) is 25.5 Å². The molecular formula is C12H14FN3O. The second-order valence-corrected chi connectivity index (χ2v) is 4.51. The van der Waals surface area contributed by atoms with Crippen LogP contribution < -0.4 is 5.73 Å². The first kappa shape index (κ1) is 11.7. The van der Waals surface area contributed by atoms with Crippen molar-refractivity contribution in [3.63, 3.8) is 0 Å². The molecule has 2 N–H and O–H groups in total. The van der Waals surface area contributed by atoms with E-state index >= 15 is 0 Å². The number of nitrogens with two attached hydrogens (primary N) is 1. The van der Waals surface area contributed by atoms with Crippen LogP contribution in [0.2, 0.25) is 0 Å². The minimum Gasteiger partial charge on any atom is -0.337 e. The lowest BCUT2D eigenvalue weighted by Crippen LogP contribution is -2.29. The molecule has 5 heteroatoms. The van der Waals surface area contributed by atoms with Gasteiger partial charge in [0.15, 0.2) is 5.82 Å².